The number of amides is 1. The molecule has 1 amide bonds. The van der Waals surface area contributed by atoms with Gasteiger partial charge in [-0.3, -0.25) is 9.59 Å². The molecule has 1 aromatic rings. The summed E-state index contributed by atoms with van der Waals surface area (Å²) in [5.74, 6) is -2.45. The highest BCUT2D eigenvalue weighted by atomic mass is 79.9. The molecule has 0 heterocycles. The Bertz CT molecular complexity index is 517. The lowest BCUT2D eigenvalue weighted by Gasteiger charge is -2.13. The fraction of sp³-hybridized carbons (Fsp3) is 0.308. The molecule has 20 heavy (non-hydrogen) atoms. The number of benzene rings is 1. The highest BCUT2D eigenvalue weighted by molar-refractivity contribution is 9.10. The first-order valence-corrected chi connectivity index (χ1v) is 6.55. The average molecular weight is 344 g/mol. The van der Waals surface area contributed by atoms with Gasteiger partial charge in [0, 0.05) is 4.47 Å². The molecule has 0 aromatic heterocycles. The second-order valence-electron chi connectivity index (χ2n) is 4.05. The van der Waals surface area contributed by atoms with Crippen LogP contribution in [0.2, 0.25) is 0 Å². The fourth-order valence-electron chi connectivity index (χ4n) is 1.53. The number of carboxylic acids is 1. The van der Waals surface area contributed by atoms with Crippen LogP contribution in [0.25, 0.3) is 0 Å². The predicted molar refractivity (Wildman–Crippen MR) is 74.0 cm³/mol. The van der Waals surface area contributed by atoms with Gasteiger partial charge in [-0.25, -0.2) is 4.79 Å². The van der Waals surface area contributed by atoms with E-state index in [2.05, 4.69) is 26.0 Å². The van der Waals surface area contributed by atoms with Crippen molar-refractivity contribution in [2.75, 3.05) is 7.11 Å². The maximum atomic E-state index is 11.8. The zero-order valence-corrected chi connectivity index (χ0v) is 12.3. The van der Waals surface area contributed by atoms with Crippen molar-refractivity contribution in [2.45, 2.75) is 18.9 Å². The minimum atomic E-state index is -1.29. The van der Waals surface area contributed by atoms with Crippen molar-refractivity contribution < 1.29 is 24.2 Å². The topological polar surface area (TPSA) is 92.7 Å². The Hall–Kier alpha value is -1.89. The van der Waals surface area contributed by atoms with Gasteiger partial charge in [-0.1, -0.05) is 28.1 Å². The van der Waals surface area contributed by atoms with Crippen LogP contribution in [0.3, 0.4) is 0 Å². The molecule has 0 aliphatic heterocycles. The highest BCUT2D eigenvalue weighted by Gasteiger charge is 2.23. The first-order chi connectivity index (χ1) is 9.42. The van der Waals surface area contributed by atoms with Gasteiger partial charge in [0.15, 0.2) is 0 Å². The summed E-state index contributed by atoms with van der Waals surface area (Å²) in [4.78, 5) is 33.8. The van der Waals surface area contributed by atoms with Crippen LogP contribution in [-0.2, 0) is 25.5 Å². The van der Waals surface area contributed by atoms with E-state index in [1.807, 2.05) is 6.07 Å². The highest BCUT2D eigenvalue weighted by Crippen LogP contribution is 2.12. The molecule has 0 radical (unpaired) electrons. The summed E-state index contributed by atoms with van der Waals surface area (Å²) in [5.41, 5.74) is 0.735. The minimum absolute atomic E-state index is 0.0321. The van der Waals surface area contributed by atoms with E-state index >= 15 is 0 Å². The summed E-state index contributed by atoms with van der Waals surface area (Å²) in [6, 6.07) is 5.81. The van der Waals surface area contributed by atoms with Gasteiger partial charge in [0.1, 0.15) is 6.04 Å². The third-order valence-electron chi connectivity index (χ3n) is 2.49. The third kappa shape index (κ3) is 5.40. The summed E-state index contributed by atoms with van der Waals surface area (Å²) in [6.45, 7) is 0. The summed E-state index contributed by atoms with van der Waals surface area (Å²) in [5, 5.41) is 11.2. The molecule has 1 rings (SSSR count). The molecule has 0 fully saturated rings. The number of methoxy groups -OCH3 is 1. The first kappa shape index (κ1) is 16.2. The molecule has 0 aliphatic rings. The lowest BCUT2D eigenvalue weighted by atomic mass is 10.1. The molecule has 7 heteroatoms. The van der Waals surface area contributed by atoms with Crippen molar-refractivity contribution in [1.82, 2.24) is 5.32 Å². The van der Waals surface area contributed by atoms with Crippen LogP contribution in [0, 0.1) is 0 Å². The van der Waals surface area contributed by atoms with Crippen LogP contribution in [0.4, 0.5) is 0 Å². The maximum absolute atomic E-state index is 11.8. The average Bonchev–Trinajstić information content (AvgIpc) is 2.37. The van der Waals surface area contributed by atoms with Crippen LogP contribution in [0.15, 0.2) is 28.7 Å². The molecule has 0 saturated carbocycles. The first-order valence-electron chi connectivity index (χ1n) is 5.75. The number of aliphatic carboxylic acids is 1. The largest absolute Gasteiger partial charge is 0.480 e. The number of carbonyl (C=O) groups is 3. The van der Waals surface area contributed by atoms with E-state index in [0.717, 1.165) is 17.1 Å². The quantitative estimate of drug-likeness (QED) is 0.755. The van der Waals surface area contributed by atoms with E-state index in [9.17, 15) is 14.4 Å². The zero-order chi connectivity index (χ0) is 15.1. The van der Waals surface area contributed by atoms with Gasteiger partial charge in [-0.05, 0) is 17.7 Å². The summed E-state index contributed by atoms with van der Waals surface area (Å²) < 4.78 is 5.21. The van der Waals surface area contributed by atoms with Gasteiger partial charge in [-0.2, -0.15) is 0 Å². The summed E-state index contributed by atoms with van der Waals surface area (Å²) >= 11 is 3.28. The molecule has 0 aliphatic carbocycles. The second-order valence-corrected chi connectivity index (χ2v) is 4.96. The lowest BCUT2D eigenvalue weighted by molar-refractivity contribution is -0.148. The number of nitrogens with one attached hydrogen (secondary N) is 1. The van der Waals surface area contributed by atoms with Crippen LogP contribution in [0.1, 0.15) is 12.0 Å². The molecule has 2 N–H and O–H groups in total. The Kier molecular flexibility index (Phi) is 6.17. The Morgan fingerprint density at radius 2 is 2.10 bits per heavy atom. The summed E-state index contributed by atoms with van der Waals surface area (Å²) in [7, 11) is 1.16. The monoisotopic (exact) mass is 343 g/mol. The predicted octanol–water partition coefficient (Wildman–Crippen LogP) is 1.12. The van der Waals surface area contributed by atoms with Crippen molar-refractivity contribution >= 4 is 33.8 Å². The number of hydrogen-bond donors (Lipinski definition) is 2. The Balaban J connectivity index is 2.62. The van der Waals surface area contributed by atoms with E-state index in [1.165, 1.54) is 0 Å². The smallest absolute Gasteiger partial charge is 0.326 e. The molecule has 1 aromatic carbocycles. The van der Waals surface area contributed by atoms with Gasteiger partial charge in [0.25, 0.3) is 0 Å². The number of carboxylic acid groups (broad SMARTS) is 1. The lowest BCUT2D eigenvalue weighted by Crippen LogP contribution is -2.43. The Morgan fingerprint density at radius 3 is 2.65 bits per heavy atom. The van der Waals surface area contributed by atoms with Gasteiger partial charge >= 0.3 is 11.9 Å². The zero-order valence-electron chi connectivity index (χ0n) is 10.8. The van der Waals surface area contributed by atoms with E-state index in [4.69, 9.17) is 5.11 Å². The van der Waals surface area contributed by atoms with Gasteiger partial charge in [-0.15, -0.1) is 0 Å². The number of hydrogen-bond acceptors (Lipinski definition) is 4. The second kappa shape index (κ2) is 7.64. The van der Waals surface area contributed by atoms with E-state index in [0.29, 0.717) is 0 Å². The Morgan fingerprint density at radius 1 is 1.40 bits per heavy atom. The molecule has 0 spiro atoms. The molecule has 1 atom stereocenters. The van der Waals surface area contributed by atoms with Gasteiger partial charge < -0.3 is 15.2 Å². The number of rotatable bonds is 6. The fourth-order valence-corrected chi connectivity index (χ4v) is 1.97. The third-order valence-corrected chi connectivity index (χ3v) is 2.98. The van der Waals surface area contributed by atoms with Gasteiger partial charge in [0.2, 0.25) is 5.91 Å². The van der Waals surface area contributed by atoms with Crippen LogP contribution < -0.4 is 5.32 Å². The maximum Gasteiger partial charge on any atom is 0.326 e. The van der Waals surface area contributed by atoms with E-state index in [-0.39, 0.29) is 6.42 Å². The molecule has 0 unspecified atom stereocenters. The molecule has 108 valence electrons. The molecular formula is C13H14BrNO5. The van der Waals surface area contributed by atoms with Crippen molar-refractivity contribution in [3.05, 3.63) is 34.3 Å². The summed E-state index contributed by atoms with van der Waals surface area (Å²) in [6.07, 6.45) is -0.375. The number of carbonyl (C=O) groups excluding carboxylic acids is 2. The van der Waals surface area contributed by atoms with Crippen LogP contribution in [0.5, 0.6) is 0 Å². The van der Waals surface area contributed by atoms with Crippen LogP contribution in [-0.4, -0.2) is 36.1 Å². The van der Waals surface area contributed by atoms with Crippen molar-refractivity contribution in [3.63, 3.8) is 0 Å². The number of ether oxygens (including phenoxy) is 1. The van der Waals surface area contributed by atoms with Crippen molar-refractivity contribution in [2.24, 2.45) is 0 Å². The van der Waals surface area contributed by atoms with E-state index in [1.54, 1.807) is 18.2 Å². The molecule has 0 saturated heterocycles. The normalized spacial score (nSPS) is 11.5. The standard InChI is InChI=1S/C13H14BrNO5/c1-20-12(17)7-10(13(18)19)15-11(16)6-8-3-2-4-9(14)5-8/h2-5,10H,6-7H2,1H3,(H,15,16)(H,18,19)/t10-/m0/s1. The van der Waals surface area contributed by atoms with E-state index < -0.39 is 30.3 Å². The number of halogens is 1. The SMILES string of the molecule is COC(=O)C[C@H](NC(=O)Cc1cccc(Br)c1)C(=O)O. The molecular weight excluding hydrogens is 330 g/mol. The minimum Gasteiger partial charge on any atom is -0.480 e. The number of esters is 1. The van der Waals surface area contributed by atoms with Crippen molar-refractivity contribution in [3.8, 4) is 0 Å². The Labute approximate surface area is 124 Å². The molecule has 0 bridgehead atoms. The van der Waals surface area contributed by atoms with Gasteiger partial charge in [0.05, 0.1) is 20.0 Å². The molecule has 6 nitrogen and oxygen atoms in total. The van der Waals surface area contributed by atoms with Crippen LogP contribution >= 0.6 is 15.9 Å². The van der Waals surface area contributed by atoms with Crippen molar-refractivity contribution in [1.29, 1.82) is 0 Å².